The van der Waals surface area contributed by atoms with Gasteiger partial charge in [-0.05, 0) is 62.4 Å². The number of carbonyl (C=O) groups excluding carboxylic acids is 1. The summed E-state index contributed by atoms with van der Waals surface area (Å²) in [4.78, 5) is 15.1. The number of amides is 1. The van der Waals surface area contributed by atoms with E-state index < -0.39 is 0 Å². The predicted octanol–water partition coefficient (Wildman–Crippen LogP) is 3.33. The molecule has 1 unspecified atom stereocenters. The molecule has 1 aliphatic heterocycles. The molecule has 1 aromatic rings. The third-order valence-electron chi connectivity index (χ3n) is 4.96. The van der Waals surface area contributed by atoms with Crippen molar-refractivity contribution in [2.24, 2.45) is 5.92 Å². The first-order valence-electron chi connectivity index (χ1n) is 8.37. The summed E-state index contributed by atoms with van der Waals surface area (Å²) < 4.78 is 1.06. The average molecular weight is 365 g/mol. The fourth-order valence-corrected chi connectivity index (χ4v) is 3.71. The van der Waals surface area contributed by atoms with Crippen LogP contribution in [0.4, 0.5) is 0 Å². The highest BCUT2D eigenvalue weighted by atomic mass is 79.9. The lowest BCUT2D eigenvalue weighted by atomic mass is 9.95. The molecule has 1 saturated carbocycles. The molecule has 0 aromatic heterocycles. The summed E-state index contributed by atoms with van der Waals surface area (Å²) in [6.07, 6.45) is 4.60. The Morgan fingerprint density at radius 1 is 1.27 bits per heavy atom. The number of nitrogens with one attached hydrogen (secondary N) is 1. The quantitative estimate of drug-likeness (QED) is 0.839. The molecule has 2 aliphatic rings. The van der Waals surface area contributed by atoms with Crippen molar-refractivity contribution in [1.29, 1.82) is 0 Å². The number of carbonyl (C=O) groups is 1. The number of halogens is 1. The minimum absolute atomic E-state index is 0.211. The zero-order valence-electron chi connectivity index (χ0n) is 13.3. The van der Waals surface area contributed by atoms with Gasteiger partial charge >= 0.3 is 0 Å². The molecule has 1 atom stereocenters. The van der Waals surface area contributed by atoms with E-state index in [4.69, 9.17) is 0 Å². The Bertz CT molecular complexity index is 518. The summed E-state index contributed by atoms with van der Waals surface area (Å²) in [6, 6.07) is 8.20. The minimum atomic E-state index is -0.256. The van der Waals surface area contributed by atoms with Crippen molar-refractivity contribution in [2.45, 2.75) is 38.0 Å². The lowest BCUT2D eigenvalue weighted by Gasteiger charge is -2.22. The summed E-state index contributed by atoms with van der Waals surface area (Å²) in [6.45, 7) is 6.57. The maximum Gasteiger partial charge on any atom is 0.230 e. The molecule has 22 heavy (non-hydrogen) atoms. The van der Waals surface area contributed by atoms with E-state index in [-0.39, 0.29) is 11.3 Å². The molecule has 3 nitrogen and oxygen atoms in total. The van der Waals surface area contributed by atoms with Crippen molar-refractivity contribution in [2.75, 3.05) is 26.2 Å². The van der Waals surface area contributed by atoms with Crippen LogP contribution in [0.3, 0.4) is 0 Å². The van der Waals surface area contributed by atoms with E-state index in [0.29, 0.717) is 5.92 Å². The molecule has 1 aliphatic carbocycles. The molecule has 1 saturated heterocycles. The summed E-state index contributed by atoms with van der Waals surface area (Å²) in [5, 5.41) is 3.19. The number of rotatable bonds is 6. The van der Waals surface area contributed by atoms with Crippen molar-refractivity contribution >= 4 is 21.8 Å². The van der Waals surface area contributed by atoms with Gasteiger partial charge in [-0.1, -0.05) is 35.0 Å². The maximum absolute atomic E-state index is 12.6. The Morgan fingerprint density at radius 2 is 1.91 bits per heavy atom. The molecule has 2 fully saturated rings. The number of likely N-dealkylation sites (tertiary alicyclic amines) is 1. The monoisotopic (exact) mass is 364 g/mol. The van der Waals surface area contributed by atoms with Gasteiger partial charge in [-0.2, -0.15) is 0 Å². The third kappa shape index (κ3) is 3.54. The third-order valence-corrected chi connectivity index (χ3v) is 5.49. The highest BCUT2D eigenvalue weighted by Crippen LogP contribution is 2.48. The minimum Gasteiger partial charge on any atom is -0.355 e. The Morgan fingerprint density at radius 3 is 2.50 bits per heavy atom. The molecular formula is C18H25BrN2O. The van der Waals surface area contributed by atoms with Gasteiger partial charge in [0.25, 0.3) is 0 Å². The number of hydrogen-bond donors (Lipinski definition) is 1. The molecule has 1 amide bonds. The summed E-state index contributed by atoms with van der Waals surface area (Å²) in [5.74, 6) is 0.728. The van der Waals surface area contributed by atoms with Crippen molar-refractivity contribution in [3.05, 3.63) is 34.3 Å². The van der Waals surface area contributed by atoms with Crippen molar-refractivity contribution < 1.29 is 4.79 Å². The zero-order chi connectivity index (χ0) is 15.6. The molecule has 3 rings (SSSR count). The second kappa shape index (κ2) is 6.71. The lowest BCUT2D eigenvalue weighted by Crippen LogP contribution is -2.39. The largest absolute Gasteiger partial charge is 0.355 e. The molecular weight excluding hydrogens is 340 g/mol. The van der Waals surface area contributed by atoms with Crippen LogP contribution in [0.5, 0.6) is 0 Å². The Kier molecular flexibility index (Phi) is 4.88. The molecule has 0 spiro atoms. The first kappa shape index (κ1) is 16.0. The Balaban J connectivity index is 1.52. The summed E-state index contributed by atoms with van der Waals surface area (Å²) >= 11 is 3.46. The number of benzene rings is 1. The smallest absolute Gasteiger partial charge is 0.230 e. The Hall–Kier alpha value is -0.870. The van der Waals surface area contributed by atoms with E-state index in [2.05, 4.69) is 45.2 Å². The fraction of sp³-hybridized carbons (Fsp3) is 0.611. The number of hydrogen-bond acceptors (Lipinski definition) is 2. The molecule has 4 heteroatoms. The van der Waals surface area contributed by atoms with Crippen LogP contribution in [0, 0.1) is 5.92 Å². The Labute approximate surface area is 141 Å². The van der Waals surface area contributed by atoms with Crippen LogP contribution in [0.1, 0.15) is 38.2 Å². The first-order chi connectivity index (χ1) is 10.6. The van der Waals surface area contributed by atoms with E-state index in [1.165, 1.54) is 25.9 Å². The van der Waals surface area contributed by atoms with E-state index in [9.17, 15) is 4.79 Å². The standard InChI is InChI=1S/C18H25BrN2O/c1-14(13-21-10-2-3-11-21)12-20-17(22)18(8-9-18)15-4-6-16(19)7-5-15/h4-7,14H,2-3,8-13H2,1H3,(H,20,22). The first-order valence-corrected chi connectivity index (χ1v) is 9.16. The van der Waals surface area contributed by atoms with Gasteiger partial charge in [0.15, 0.2) is 0 Å². The summed E-state index contributed by atoms with van der Waals surface area (Å²) in [5.41, 5.74) is 0.897. The van der Waals surface area contributed by atoms with Gasteiger partial charge in [-0.3, -0.25) is 4.79 Å². The lowest BCUT2D eigenvalue weighted by molar-refractivity contribution is -0.123. The van der Waals surface area contributed by atoms with Crippen molar-refractivity contribution in [3.63, 3.8) is 0 Å². The summed E-state index contributed by atoms with van der Waals surface area (Å²) in [7, 11) is 0. The maximum atomic E-state index is 12.6. The van der Waals surface area contributed by atoms with Crippen LogP contribution in [0.2, 0.25) is 0 Å². The molecule has 1 heterocycles. The van der Waals surface area contributed by atoms with Gasteiger partial charge in [-0.25, -0.2) is 0 Å². The predicted molar refractivity (Wildman–Crippen MR) is 92.9 cm³/mol. The van der Waals surface area contributed by atoms with E-state index in [0.717, 1.165) is 36.0 Å². The molecule has 0 bridgehead atoms. The second-order valence-corrected chi connectivity index (χ2v) is 7.83. The average Bonchev–Trinajstić information content (AvgIpc) is 3.17. The van der Waals surface area contributed by atoms with Crippen LogP contribution in [0.15, 0.2) is 28.7 Å². The van der Waals surface area contributed by atoms with Crippen molar-refractivity contribution in [3.8, 4) is 0 Å². The van der Waals surface area contributed by atoms with Gasteiger partial charge in [0.1, 0.15) is 0 Å². The number of nitrogens with zero attached hydrogens (tertiary/aromatic N) is 1. The van der Waals surface area contributed by atoms with Gasteiger partial charge < -0.3 is 10.2 Å². The fourth-order valence-electron chi connectivity index (χ4n) is 3.45. The van der Waals surface area contributed by atoms with Crippen molar-refractivity contribution in [1.82, 2.24) is 10.2 Å². The zero-order valence-corrected chi connectivity index (χ0v) is 14.9. The van der Waals surface area contributed by atoms with Gasteiger partial charge in [0.2, 0.25) is 5.91 Å². The van der Waals surface area contributed by atoms with Gasteiger partial charge in [0, 0.05) is 17.6 Å². The van der Waals surface area contributed by atoms with E-state index >= 15 is 0 Å². The molecule has 120 valence electrons. The topological polar surface area (TPSA) is 32.3 Å². The normalized spacial score (nSPS) is 21.5. The molecule has 0 radical (unpaired) electrons. The molecule has 1 aromatic carbocycles. The van der Waals surface area contributed by atoms with Crippen LogP contribution < -0.4 is 5.32 Å². The van der Waals surface area contributed by atoms with Crippen LogP contribution in [-0.4, -0.2) is 37.0 Å². The SMILES string of the molecule is CC(CNC(=O)C1(c2ccc(Br)cc2)CC1)CN1CCCC1. The van der Waals surface area contributed by atoms with Crippen LogP contribution in [0.25, 0.3) is 0 Å². The van der Waals surface area contributed by atoms with Crippen LogP contribution >= 0.6 is 15.9 Å². The second-order valence-electron chi connectivity index (χ2n) is 6.91. The highest BCUT2D eigenvalue weighted by molar-refractivity contribution is 9.10. The molecule has 1 N–H and O–H groups in total. The van der Waals surface area contributed by atoms with E-state index in [1.54, 1.807) is 0 Å². The van der Waals surface area contributed by atoms with Gasteiger partial charge in [0.05, 0.1) is 5.41 Å². The van der Waals surface area contributed by atoms with E-state index in [1.807, 2.05) is 12.1 Å². The van der Waals surface area contributed by atoms with Crippen LogP contribution in [-0.2, 0) is 10.2 Å². The highest BCUT2D eigenvalue weighted by Gasteiger charge is 2.51. The van der Waals surface area contributed by atoms with Gasteiger partial charge in [-0.15, -0.1) is 0 Å².